The first kappa shape index (κ1) is 21.2. The minimum absolute atomic E-state index is 1.10. The van der Waals surface area contributed by atoms with E-state index in [9.17, 15) is 0 Å². The number of hydrogen-bond acceptors (Lipinski definition) is 4. The lowest BCUT2D eigenvalue weighted by atomic mass is 10.4. The molecule has 0 saturated carbocycles. The van der Waals surface area contributed by atoms with Crippen molar-refractivity contribution >= 4 is 49.7 Å². The van der Waals surface area contributed by atoms with Crippen molar-refractivity contribution in [2.45, 2.75) is 52.4 Å². The van der Waals surface area contributed by atoms with Crippen LogP contribution in [0.2, 0.25) is 52.4 Å². The first-order valence-electron chi connectivity index (χ1n) is 8.31. The second-order valence-corrected chi connectivity index (χ2v) is 21.2. The second-order valence-electron chi connectivity index (χ2n) is 6.85. The highest BCUT2D eigenvalue weighted by molar-refractivity contribution is 6.89. The lowest BCUT2D eigenvalue weighted by molar-refractivity contribution is 0.329. The second kappa shape index (κ2) is 9.01. The molecule has 0 fully saturated rings. The first-order chi connectivity index (χ1) is 10.5. The van der Waals surface area contributed by atoms with Crippen LogP contribution < -0.4 is 5.19 Å². The fraction of sp³-hybridized carbons (Fsp3) is 0.571. The molecule has 0 aliphatic carbocycles. The van der Waals surface area contributed by atoms with Gasteiger partial charge in [-0.3, -0.25) is 0 Å². The van der Waals surface area contributed by atoms with Crippen LogP contribution in [0.25, 0.3) is 0 Å². The van der Waals surface area contributed by atoms with Crippen LogP contribution in [-0.4, -0.2) is 44.5 Å². The SMILES string of the molecule is C[SiH](C)O[Si](C)(C)O[SiH](C)O[Si](C)(O[SiH](C)C)c1ccccc1. The van der Waals surface area contributed by atoms with E-state index in [1.54, 1.807) is 0 Å². The molecule has 4 nitrogen and oxygen atoms in total. The lowest BCUT2D eigenvalue weighted by Crippen LogP contribution is -2.57. The number of benzene rings is 1. The summed E-state index contributed by atoms with van der Waals surface area (Å²) in [5.41, 5.74) is 0. The van der Waals surface area contributed by atoms with Crippen LogP contribution in [0.3, 0.4) is 0 Å². The molecule has 2 atom stereocenters. The van der Waals surface area contributed by atoms with Gasteiger partial charge in [-0.1, -0.05) is 30.3 Å². The van der Waals surface area contributed by atoms with Gasteiger partial charge in [-0.05, 0) is 57.6 Å². The van der Waals surface area contributed by atoms with Crippen LogP contribution in [-0.2, 0) is 16.5 Å². The normalized spacial score (nSPS) is 16.6. The summed E-state index contributed by atoms with van der Waals surface area (Å²) in [6, 6.07) is 10.4. The molecule has 23 heavy (non-hydrogen) atoms. The molecule has 132 valence electrons. The molecular weight excluding hydrogens is 373 g/mol. The molecule has 1 aromatic carbocycles. The Kier molecular flexibility index (Phi) is 8.30. The van der Waals surface area contributed by atoms with Crippen molar-refractivity contribution in [1.82, 2.24) is 0 Å². The monoisotopic (exact) mass is 404 g/mol. The number of rotatable bonds is 9. The fourth-order valence-corrected chi connectivity index (χ4v) is 20.5. The van der Waals surface area contributed by atoms with E-state index in [0.29, 0.717) is 0 Å². The Morgan fingerprint density at radius 3 is 1.70 bits per heavy atom. The Morgan fingerprint density at radius 2 is 1.22 bits per heavy atom. The summed E-state index contributed by atoms with van der Waals surface area (Å²) in [5.74, 6) is 0. The summed E-state index contributed by atoms with van der Waals surface area (Å²) < 4.78 is 25.3. The van der Waals surface area contributed by atoms with Gasteiger partial charge in [0.25, 0.3) is 0 Å². The Bertz CT molecular complexity index is 471. The Hall–Kier alpha value is 0.144. The minimum Gasteiger partial charge on any atom is -0.440 e. The third-order valence-corrected chi connectivity index (χ3v) is 19.1. The molecule has 1 aromatic rings. The minimum atomic E-state index is -2.41. The van der Waals surface area contributed by atoms with Crippen molar-refractivity contribution in [3.05, 3.63) is 30.3 Å². The van der Waals surface area contributed by atoms with E-state index in [0.717, 1.165) is 0 Å². The van der Waals surface area contributed by atoms with Crippen molar-refractivity contribution < 1.29 is 16.5 Å². The zero-order valence-electron chi connectivity index (χ0n) is 15.8. The Balaban J connectivity index is 2.85. The van der Waals surface area contributed by atoms with E-state index >= 15 is 0 Å². The predicted molar refractivity (Wildman–Crippen MR) is 110 cm³/mol. The summed E-state index contributed by atoms with van der Waals surface area (Å²) in [7, 11) is -8.64. The van der Waals surface area contributed by atoms with Gasteiger partial charge >= 0.3 is 26.4 Å². The van der Waals surface area contributed by atoms with Crippen LogP contribution in [0.1, 0.15) is 0 Å². The summed E-state index contributed by atoms with van der Waals surface area (Å²) >= 11 is 0. The average Bonchev–Trinajstić information content (AvgIpc) is 2.35. The molecule has 9 heteroatoms. The number of hydrogen-bond donors (Lipinski definition) is 0. The lowest BCUT2D eigenvalue weighted by Gasteiger charge is -2.35. The first-order valence-corrected chi connectivity index (χ1v) is 21.1. The van der Waals surface area contributed by atoms with E-state index in [4.69, 9.17) is 16.5 Å². The van der Waals surface area contributed by atoms with Gasteiger partial charge in [0.1, 0.15) is 0 Å². The van der Waals surface area contributed by atoms with E-state index < -0.39 is 44.5 Å². The van der Waals surface area contributed by atoms with Gasteiger partial charge < -0.3 is 16.5 Å². The fourth-order valence-electron chi connectivity index (χ4n) is 2.69. The average molecular weight is 405 g/mol. The zero-order chi connectivity index (χ0) is 17.7. The maximum Gasteiger partial charge on any atom is 0.349 e. The molecule has 0 saturated heterocycles. The van der Waals surface area contributed by atoms with Crippen LogP contribution in [0.5, 0.6) is 0 Å². The van der Waals surface area contributed by atoms with E-state index in [-0.39, 0.29) is 0 Å². The molecule has 0 aliphatic rings. The molecule has 0 radical (unpaired) electrons. The molecule has 0 heterocycles. The third-order valence-electron chi connectivity index (χ3n) is 3.12. The molecule has 0 amide bonds. The maximum atomic E-state index is 6.49. The zero-order valence-corrected chi connectivity index (χ0v) is 21.2. The Morgan fingerprint density at radius 1 is 0.696 bits per heavy atom. The van der Waals surface area contributed by atoms with Crippen molar-refractivity contribution in [3.63, 3.8) is 0 Å². The third kappa shape index (κ3) is 7.71. The van der Waals surface area contributed by atoms with Gasteiger partial charge in [-0.25, -0.2) is 0 Å². The predicted octanol–water partition coefficient (Wildman–Crippen LogP) is 2.55. The molecule has 0 aromatic heterocycles. The van der Waals surface area contributed by atoms with Crippen LogP contribution in [0, 0.1) is 0 Å². The summed E-state index contributed by atoms with van der Waals surface area (Å²) in [6.45, 7) is 17.2. The summed E-state index contributed by atoms with van der Waals surface area (Å²) in [5, 5.41) is 1.18. The van der Waals surface area contributed by atoms with Gasteiger partial charge in [0.15, 0.2) is 18.1 Å². The van der Waals surface area contributed by atoms with E-state index in [1.165, 1.54) is 5.19 Å². The van der Waals surface area contributed by atoms with Gasteiger partial charge in [0.05, 0.1) is 0 Å². The summed E-state index contributed by atoms with van der Waals surface area (Å²) in [4.78, 5) is 0. The van der Waals surface area contributed by atoms with Crippen LogP contribution in [0.4, 0.5) is 0 Å². The molecule has 0 bridgehead atoms. The highest BCUT2D eigenvalue weighted by Gasteiger charge is 2.39. The molecule has 0 N–H and O–H groups in total. The van der Waals surface area contributed by atoms with Crippen molar-refractivity contribution in [1.29, 1.82) is 0 Å². The van der Waals surface area contributed by atoms with Crippen LogP contribution in [0.15, 0.2) is 30.3 Å². The van der Waals surface area contributed by atoms with Gasteiger partial charge in [-0.2, -0.15) is 0 Å². The summed E-state index contributed by atoms with van der Waals surface area (Å²) in [6.07, 6.45) is 0. The van der Waals surface area contributed by atoms with Gasteiger partial charge in [0, 0.05) is 0 Å². The molecule has 2 unspecified atom stereocenters. The standard InChI is InChI=1S/C14H32O4Si5/c1-19(2)15-22(6,7)17-21(5)18-23(8,16-20(3)4)14-12-10-9-11-13-14/h9-13,19-21H,1-8H3. The highest BCUT2D eigenvalue weighted by atomic mass is 28.5. The molecule has 0 aliphatic heterocycles. The van der Waals surface area contributed by atoms with E-state index in [1.807, 2.05) is 6.07 Å². The van der Waals surface area contributed by atoms with Gasteiger partial charge in [0.2, 0.25) is 0 Å². The quantitative estimate of drug-likeness (QED) is 0.593. The molecule has 0 spiro atoms. The Labute approximate surface area is 148 Å². The smallest absolute Gasteiger partial charge is 0.349 e. The molecule has 1 rings (SSSR count). The molecular formula is C14H32O4Si5. The van der Waals surface area contributed by atoms with Crippen molar-refractivity contribution in [2.75, 3.05) is 0 Å². The van der Waals surface area contributed by atoms with Crippen molar-refractivity contribution in [3.8, 4) is 0 Å². The van der Waals surface area contributed by atoms with Crippen molar-refractivity contribution in [2.24, 2.45) is 0 Å². The maximum absolute atomic E-state index is 6.49. The largest absolute Gasteiger partial charge is 0.440 e. The van der Waals surface area contributed by atoms with E-state index in [2.05, 4.69) is 76.6 Å². The van der Waals surface area contributed by atoms with Crippen LogP contribution >= 0.6 is 0 Å². The topological polar surface area (TPSA) is 36.9 Å². The highest BCUT2D eigenvalue weighted by Crippen LogP contribution is 2.16. The van der Waals surface area contributed by atoms with Gasteiger partial charge in [-0.15, -0.1) is 0 Å².